The van der Waals surface area contributed by atoms with Gasteiger partial charge in [-0.3, -0.25) is 0 Å². The lowest BCUT2D eigenvalue weighted by atomic mass is 10.2. The van der Waals surface area contributed by atoms with Crippen molar-refractivity contribution in [2.45, 2.75) is 32.8 Å². The molecule has 1 amide bonds. The van der Waals surface area contributed by atoms with E-state index in [1.165, 1.54) is 0 Å². The fourth-order valence-corrected chi connectivity index (χ4v) is 1.64. The maximum absolute atomic E-state index is 11.3. The maximum atomic E-state index is 11.3. The van der Waals surface area contributed by atoms with Crippen LogP contribution in [0, 0.1) is 0 Å². The van der Waals surface area contributed by atoms with Gasteiger partial charge in [0.2, 0.25) is 10.0 Å². The molecule has 0 aliphatic carbocycles. The van der Waals surface area contributed by atoms with E-state index in [0.29, 0.717) is 26.2 Å². The largest absolute Gasteiger partial charge is 0.444 e. The lowest BCUT2D eigenvalue weighted by Gasteiger charge is -2.19. The SMILES string of the molecule is CC(C)(C)OC(=O)NCCCNCCNS(C)(=O)=O. The van der Waals surface area contributed by atoms with E-state index in [-0.39, 0.29) is 0 Å². The average molecular weight is 295 g/mol. The third-order valence-corrected chi connectivity index (χ3v) is 2.59. The number of rotatable bonds is 8. The van der Waals surface area contributed by atoms with Crippen molar-refractivity contribution in [3.63, 3.8) is 0 Å². The minimum Gasteiger partial charge on any atom is -0.444 e. The Kier molecular flexibility index (Phi) is 7.96. The number of hydrogen-bond acceptors (Lipinski definition) is 5. The van der Waals surface area contributed by atoms with E-state index in [1.807, 2.05) is 20.8 Å². The molecule has 0 aromatic carbocycles. The summed E-state index contributed by atoms with van der Waals surface area (Å²) in [5, 5.41) is 5.70. The molecule has 0 aromatic heterocycles. The smallest absolute Gasteiger partial charge is 0.407 e. The molecule has 0 fully saturated rings. The molecule has 3 N–H and O–H groups in total. The van der Waals surface area contributed by atoms with E-state index < -0.39 is 21.7 Å². The van der Waals surface area contributed by atoms with Crippen LogP contribution >= 0.6 is 0 Å². The van der Waals surface area contributed by atoms with Crippen molar-refractivity contribution in [3.05, 3.63) is 0 Å². The van der Waals surface area contributed by atoms with Crippen LogP contribution in [0.3, 0.4) is 0 Å². The number of amides is 1. The van der Waals surface area contributed by atoms with Gasteiger partial charge in [-0.2, -0.15) is 0 Å². The number of hydrogen-bond donors (Lipinski definition) is 3. The summed E-state index contributed by atoms with van der Waals surface area (Å²) >= 11 is 0. The molecule has 0 aliphatic heterocycles. The van der Waals surface area contributed by atoms with Crippen molar-refractivity contribution >= 4 is 16.1 Å². The highest BCUT2D eigenvalue weighted by atomic mass is 32.2. The molecule has 0 rings (SSSR count). The fourth-order valence-electron chi connectivity index (χ4n) is 1.17. The monoisotopic (exact) mass is 295 g/mol. The van der Waals surface area contributed by atoms with E-state index in [2.05, 4.69) is 15.4 Å². The number of carbonyl (C=O) groups is 1. The van der Waals surface area contributed by atoms with Crippen molar-refractivity contribution in [1.82, 2.24) is 15.4 Å². The van der Waals surface area contributed by atoms with Gasteiger partial charge in [0.05, 0.1) is 6.26 Å². The Balaban J connectivity index is 3.39. The van der Waals surface area contributed by atoms with E-state index in [4.69, 9.17) is 4.74 Å². The summed E-state index contributed by atoms with van der Waals surface area (Å²) < 4.78 is 29.0. The molecule has 0 aromatic rings. The van der Waals surface area contributed by atoms with Gasteiger partial charge in [-0.1, -0.05) is 0 Å². The Morgan fingerprint density at radius 2 is 1.74 bits per heavy atom. The third-order valence-electron chi connectivity index (χ3n) is 1.86. The summed E-state index contributed by atoms with van der Waals surface area (Å²) in [6.45, 7) is 7.55. The van der Waals surface area contributed by atoms with Crippen LogP contribution in [0.1, 0.15) is 27.2 Å². The summed E-state index contributed by atoms with van der Waals surface area (Å²) in [5.74, 6) is 0. The van der Waals surface area contributed by atoms with Crippen LogP contribution in [0.15, 0.2) is 0 Å². The summed E-state index contributed by atoms with van der Waals surface area (Å²) in [5.41, 5.74) is -0.486. The predicted molar refractivity (Wildman–Crippen MR) is 74.6 cm³/mol. The third kappa shape index (κ3) is 15.1. The molecule has 0 aliphatic rings. The van der Waals surface area contributed by atoms with E-state index in [0.717, 1.165) is 12.7 Å². The van der Waals surface area contributed by atoms with Gasteiger partial charge in [0.25, 0.3) is 0 Å². The van der Waals surface area contributed by atoms with Gasteiger partial charge in [0.1, 0.15) is 5.60 Å². The van der Waals surface area contributed by atoms with Gasteiger partial charge < -0.3 is 15.4 Å². The van der Waals surface area contributed by atoms with Gasteiger partial charge >= 0.3 is 6.09 Å². The highest BCUT2D eigenvalue weighted by molar-refractivity contribution is 7.88. The zero-order chi connectivity index (χ0) is 14.9. The first-order valence-electron chi connectivity index (χ1n) is 6.22. The Hall–Kier alpha value is -0.860. The van der Waals surface area contributed by atoms with Crippen molar-refractivity contribution in [2.24, 2.45) is 0 Å². The van der Waals surface area contributed by atoms with Crippen molar-refractivity contribution in [3.8, 4) is 0 Å². The van der Waals surface area contributed by atoms with Gasteiger partial charge in [-0.25, -0.2) is 17.9 Å². The van der Waals surface area contributed by atoms with Gasteiger partial charge in [0.15, 0.2) is 0 Å². The second-order valence-corrected chi connectivity index (χ2v) is 7.03. The number of carbonyl (C=O) groups excluding carboxylic acids is 1. The molecule has 0 unspecified atom stereocenters. The first-order valence-corrected chi connectivity index (χ1v) is 8.11. The molecule has 0 atom stereocenters. The predicted octanol–water partition coefficient (Wildman–Crippen LogP) is 0.0400. The fraction of sp³-hybridized carbons (Fsp3) is 0.909. The number of ether oxygens (including phenoxy) is 1. The molecule has 0 spiro atoms. The normalized spacial score (nSPS) is 12.2. The van der Waals surface area contributed by atoms with Crippen molar-refractivity contribution in [1.29, 1.82) is 0 Å². The Labute approximate surface area is 115 Å². The molecular weight excluding hydrogens is 270 g/mol. The van der Waals surface area contributed by atoms with Crippen LogP contribution in [0.4, 0.5) is 4.79 Å². The summed E-state index contributed by atoms with van der Waals surface area (Å²) in [6, 6.07) is 0. The highest BCUT2D eigenvalue weighted by Crippen LogP contribution is 2.06. The van der Waals surface area contributed by atoms with E-state index in [9.17, 15) is 13.2 Å². The molecule has 0 saturated carbocycles. The molecular formula is C11H25N3O4S. The topological polar surface area (TPSA) is 96.5 Å². The second kappa shape index (κ2) is 8.34. The van der Waals surface area contributed by atoms with Crippen molar-refractivity contribution < 1.29 is 17.9 Å². The second-order valence-electron chi connectivity index (χ2n) is 5.20. The quantitative estimate of drug-likeness (QED) is 0.549. The minimum absolute atomic E-state index is 0.359. The lowest BCUT2D eigenvalue weighted by Crippen LogP contribution is -2.35. The minimum atomic E-state index is -3.11. The molecule has 0 bridgehead atoms. The molecule has 0 heterocycles. The van der Waals surface area contributed by atoms with Crippen LogP contribution in [0.25, 0.3) is 0 Å². The Morgan fingerprint density at radius 1 is 1.11 bits per heavy atom. The number of sulfonamides is 1. The average Bonchev–Trinajstić information content (AvgIpc) is 2.17. The Morgan fingerprint density at radius 3 is 2.26 bits per heavy atom. The van der Waals surface area contributed by atoms with Gasteiger partial charge in [-0.15, -0.1) is 0 Å². The maximum Gasteiger partial charge on any atom is 0.407 e. The first kappa shape index (κ1) is 18.1. The van der Waals surface area contributed by atoms with Crippen molar-refractivity contribution in [2.75, 3.05) is 32.4 Å². The summed E-state index contributed by atoms with van der Waals surface area (Å²) in [7, 11) is -3.11. The van der Waals surface area contributed by atoms with Gasteiger partial charge in [0, 0.05) is 19.6 Å². The molecule has 7 nitrogen and oxygen atoms in total. The summed E-state index contributed by atoms with van der Waals surface area (Å²) in [6.07, 6.45) is 1.45. The molecule has 0 saturated heterocycles. The van der Waals surface area contributed by atoms with E-state index >= 15 is 0 Å². The van der Waals surface area contributed by atoms with Crippen LogP contribution in [0.2, 0.25) is 0 Å². The molecule has 8 heteroatoms. The Bertz CT molecular complexity index is 363. The molecule has 0 radical (unpaired) electrons. The zero-order valence-corrected chi connectivity index (χ0v) is 12.9. The van der Waals surface area contributed by atoms with Crippen LogP contribution in [-0.2, 0) is 14.8 Å². The zero-order valence-electron chi connectivity index (χ0n) is 12.1. The van der Waals surface area contributed by atoms with Crippen LogP contribution in [0.5, 0.6) is 0 Å². The summed E-state index contributed by atoms with van der Waals surface area (Å²) in [4.78, 5) is 11.3. The van der Waals surface area contributed by atoms with Gasteiger partial charge in [-0.05, 0) is 33.7 Å². The first-order chi connectivity index (χ1) is 8.60. The van der Waals surface area contributed by atoms with Crippen LogP contribution in [-0.4, -0.2) is 52.5 Å². The standard InChI is InChI=1S/C11H25N3O4S/c1-11(2,3)18-10(15)13-7-5-6-12-8-9-14-19(4,16)17/h12,14H,5-9H2,1-4H3,(H,13,15). The molecule has 19 heavy (non-hydrogen) atoms. The highest BCUT2D eigenvalue weighted by Gasteiger charge is 2.15. The molecule has 114 valence electrons. The number of nitrogens with one attached hydrogen (secondary N) is 3. The number of alkyl carbamates (subject to hydrolysis) is 1. The lowest BCUT2D eigenvalue weighted by molar-refractivity contribution is 0.0527. The van der Waals surface area contributed by atoms with Crippen LogP contribution < -0.4 is 15.4 Å². The van der Waals surface area contributed by atoms with E-state index in [1.54, 1.807) is 0 Å².